The van der Waals surface area contributed by atoms with E-state index in [2.05, 4.69) is 15.5 Å². The second kappa shape index (κ2) is 6.82. The second-order valence-electron chi connectivity index (χ2n) is 4.81. The number of aromatic nitrogens is 2. The topological polar surface area (TPSA) is 75.2 Å². The van der Waals surface area contributed by atoms with Crippen LogP contribution in [0.2, 0.25) is 0 Å². The zero-order valence-corrected chi connectivity index (χ0v) is 13.1. The lowest BCUT2D eigenvalue weighted by Gasteiger charge is -2.17. The molecule has 2 rings (SSSR count). The Kier molecular flexibility index (Phi) is 5.08. The average molecular weight is 308 g/mol. The third kappa shape index (κ3) is 4.12. The van der Waals surface area contributed by atoms with Gasteiger partial charge in [-0.15, -0.1) is 0 Å². The van der Waals surface area contributed by atoms with Crippen molar-refractivity contribution in [1.29, 1.82) is 0 Å². The quantitative estimate of drug-likeness (QED) is 0.788. The third-order valence-electron chi connectivity index (χ3n) is 3.27. The number of benzene rings is 1. The molecule has 0 aliphatic heterocycles. The number of rotatable bonds is 7. The van der Waals surface area contributed by atoms with Crippen LogP contribution in [0.4, 0.5) is 5.69 Å². The van der Waals surface area contributed by atoms with Gasteiger partial charge in [-0.05, 0) is 12.5 Å². The van der Waals surface area contributed by atoms with Crippen molar-refractivity contribution >= 4 is 26.6 Å². The highest BCUT2D eigenvalue weighted by Crippen LogP contribution is 2.19. The molecule has 0 amide bonds. The lowest BCUT2D eigenvalue weighted by molar-refractivity contribution is 0.429. The Hall–Kier alpha value is -1.73. The number of nitrogens with zero attached hydrogens (tertiary/aromatic N) is 3. The van der Waals surface area contributed by atoms with E-state index in [-0.39, 0.29) is 0 Å². The summed E-state index contributed by atoms with van der Waals surface area (Å²) in [6.07, 6.45) is 3.66. The normalized spacial score (nSPS) is 12.0. The van der Waals surface area contributed by atoms with E-state index in [0.717, 1.165) is 23.0 Å². The highest BCUT2D eigenvalue weighted by molar-refractivity contribution is 7.88. The molecule has 0 saturated heterocycles. The molecule has 0 aliphatic rings. The van der Waals surface area contributed by atoms with Crippen molar-refractivity contribution in [3.05, 3.63) is 30.5 Å². The molecule has 21 heavy (non-hydrogen) atoms. The fourth-order valence-electron chi connectivity index (χ4n) is 2.18. The summed E-state index contributed by atoms with van der Waals surface area (Å²) in [7, 11) is -3.11. The van der Waals surface area contributed by atoms with E-state index in [4.69, 9.17) is 0 Å². The highest BCUT2D eigenvalue weighted by atomic mass is 32.2. The monoisotopic (exact) mass is 308 g/mol. The molecule has 2 aromatic rings. The van der Waals surface area contributed by atoms with Gasteiger partial charge in [0.2, 0.25) is 10.0 Å². The first-order valence-electron chi connectivity index (χ1n) is 6.92. The summed E-state index contributed by atoms with van der Waals surface area (Å²) >= 11 is 0. The molecule has 0 saturated carbocycles. The summed E-state index contributed by atoms with van der Waals surface area (Å²) < 4.78 is 24.4. The van der Waals surface area contributed by atoms with Crippen LogP contribution in [-0.4, -0.2) is 48.8 Å². The molecule has 0 unspecified atom stereocenters. The molecule has 6 nitrogen and oxygen atoms in total. The van der Waals surface area contributed by atoms with Crippen LogP contribution in [0.15, 0.2) is 30.5 Å². The molecule has 0 atom stereocenters. The smallest absolute Gasteiger partial charge is 0.211 e. The van der Waals surface area contributed by atoms with Crippen molar-refractivity contribution in [2.75, 3.05) is 31.2 Å². The van der Waals surface area contributed by atoms with E-state index in [1.165, 1.54) is 10.6 Å². The standard InChI is InChI=1S/C14H20N4O2S/c1-3-18(21(2,19)20)10-6-9-15-14-11-16-17-13-8-5-4-7-12(13)14/h4-5,7-8,11H,3,6,9-10H2,1-2H3,(H,15,17). The van der Waals surface area contributed by atoms with Gasteiger partial charge in [-0.3, -0.25) is 0 Å². The molecule has 0 aliphatic carbocycles. The highest BCUT2D eigenvalue weighted by Gasteiger charge is 2.13. The van der Waals surface area contributed by atoms with Gasteiger partial charge < -0.3 is 5.32 Å². The van der Waals surface area contributed by atoms with Crippen molar-refractivity contribution in [3.8, 4) is 0 Å². The largest absolute Gasteiger partial charge is 0.383 e. The fraction of sp³-hybridized carbons (Fsp3) is 0.429. The van der Waals surface area contributed by atoms with E-state index in [1.54, 1.807) is 6.20 Å². The van der Waals surface area contributed by atoms with Crippen LogP contribution in [0.1, 0.15) is 13.3 Å². The molecular formula is C14H20N4O2S. The first-order chi connectivity index (χ1) is 10.0. The van der Waals surface area contributed by atoms with E-state index >= 15 is 0 Å². The van der Waals surface area contributed by atoms with Gasteiger partial charge in [-0.1, -0.05) is 25.1 Å². The number of hydrogen-bond acceptors (Lipinski definition) is 5. The van der Waals surface area contributed by atoms with Crippen LogP contribution in [-0.2, 0) is 10.0 Å². The number of anilines is 1. The van der Waals surface area contributed by atoms with Gasteiger partial charge in [-0.25, -0.2) is 12.7 Å². The Balaban J connectivity index is 1.94. The lowest BCUT2D eigenvalue weighted by Crippen LogP contribution is -2.31. The molecular weight excluding hydrogens is 288 g/mol. The van der Waals surface area contributed by atoms with Crippen LogP contribution in [0.25, 0.3) is 10.9 Å². The molecule has 1 aromatic carbocycles. The van der Waals surface area contributed by atoms with E-state index in [0.29, 0.717) is 19.6 Å². The maximum absolute atomic E-state index is 11.5. The van der Waals surface area contributed by atoms with Gasteiger partial charge in [0, 0.05) is 25.0 Å². The first-order valence-corrected chi connectivity index (χ1v) is 8.76. The average Bonchev–Trinajstić information content (AvgIpc) is 2.46. The lowest BCUT2D eigenvalue weighted by atomic mass is 10.2. The Bertz CT molecular complexity index is 698. The van der Waals surface area contributed by atoms with Crippen molar-refractivity contribution in [1.82, 2.24) is 14.5 Å². The van der Waals surface area contributed by atoms with Crippen molar-refractivity contribution in [2.24, 2.45) is 0 Å². The molecule has 0 bridgehead atoms. The predicted octanol–water partition coefficient (Wildman–Crippen LogP) is 1.71. The Morgan fingerprint density at radius 1 is 1.29 bits per heavy atom. The van der Waals surface area contributed by atoms with Crippen molar-refractivity contribution in [3.63, 3.8) is 0 Å². The first kappa shape index (κ1) is 15.7. The molecule has 114 valence electrons. The van der Waals surface area contributed by atoms with Gasteiger partial charge in [-0.2, -0.15) is 10.2 Å². The van der Waals surface area contributed by atoms with Gasteiger partial charge >= 0.3 is 0 Å². The summed E-state index contributed by atoms with van der Waals surface area (Å²) in [6.45, 7) is 3.54. The van der Waals surface area contributed by atoms with Crippen LogP contribution >= 0.6 is 0 Å². The van der Waals surface area contributed by atoms with Gasteiger partial charge in [0.25, 0.3) is 0 Å². The maximum Gasteiger partial charge on any atom is 0.211 e. The molecule has 1 aromatic heterocycles. The summed E-state index contributed by atoms with van der Waals surface area (Å²) in [4.78, 5) is 0. The molecule has 0 spiro atoms. The van der Waals surface area contributed by atoms with Crippen LogP contribution < -0.4 is 5.32 Å². The van der Waals surface area contributed by atoms with Crippen molar-refractivity contribution < 1.29 is 8.42 Å². The zero-order chi connectivity index (χ0) is 15.3. The van der Waals surface area contributed by atoms with Gasteiger partial charge in [0.1, 0.15) is 0 Å². The summed E-state index contributed by atoms with van der Waals surface area (Å²) in [6, 6.07) is 7.78. The molecule has 7 heteroatoms. The molecule has 1 heterocycles. The Labute approximate surface area is 125 Å². The molecule has 0 radical (unpaired) electrons. The zero-order valence-electron chi connectivity index (χ0n) is 12.3. The molecule has 0 fully saturated rings. The minimum atomic E-state index is -3.11. The SMILES string of the molecule is CCN(CCCNc1cnnc2ccccc12)S(C)(=O)=O. The maximum atomic E-state index is 11.5. The second-order valence-corrected chi connectivity index (χ2v) is 6.79. The van der Waals surface area contributed by atoms with E-state index in [1.807, 2.05) is 31.2 Å². The fourth-order valence-corrected chi connectivity index (χ4v) is 3.11. The van der Waals surface area contributed by atoms with E-state index in [9.17, 15) is 8.42 Å². The van der Waals surface area contributed by atoms with Crippen molar-refractivity contribution in [2.45, 2.75) is 13.3 Å². The summed E-state index contributed by atoms with van der Waals surface area (Å²) in [5, 5.41) is 12.3. The summed E-state index contributed by atoms with van der Waals surface area (Å²) in [5.74, 6) is 0. The third-order valence-corrected chi connectivity index (χ3v) is 4.65. The summed E-state index contributed by atoms with van der Waals surface area (Å²) in [5.41, 5.74) is 1.76. The Morgan fingerprint density at radius 2 is 2.05 bits per heavy atom. The van der Waals surface area contributed by atoms with Gasteiger partial charge in [0.05, 0.1) is 23.7 Å². The molecule has 1 N–H and O–H groups in total. The van der Waals surface area contributed by atoms with Crippen LogP contribution in [0.5, 0.6) is 0 Å². The minimum Gasteiger partial charge on any atom is -0.383 e. The minimum absolute atomic E-state index is 0.499. The predicted molar refractivity (Wildman–Crippen MR) is 84.7 cm³/mol. The van der Waals surface area contributed by atoms with E-state index < -0.39 is 10.0 Å². The Morgan fingerprint density at radius 3 is 2.76 bits per heavy atom. The number of nitrogens with one attached hydrogen (secondary N) is 1. The number of hydrogen-bond donors (Lipinski definition) is 1. The van der Waals surface area contributed by atoms with Crippen LogP contribution in [0, 0.1) is 0 Å². The van der Waals surface area contributed by atoms with Crippen LogP contribution in [0.3, 0.4) is 0 Å². The van der Waals surface area contributed by atoms with Gasteiger partial charge in [0.15, 0.2) is 0 Å². The number of fused-ring (bicyclic) bond motifs is 1. The number of sulfonamides is 1.